The molecule has 174 valence electrons. The normalized spacial score (nSPS) is 10.3. The minimum absolute atomic E-state index is 0.242. The first-order valence-corrected chi connectivity index (χ1v) is 10.5. The maximum Gasteiger partial charge on any atom is 0.251 e. The Labute approximate surface area is 194 Å². The maximum atomic E-state index is 12.8. The molecule has 0 unspecified atom stereocenters. The van der Waals surface area contributed by atoms with E-state index in [4.69, 9.17) is 23.7 Å². The predicted molar refractivity (Wildman–Crippen MR) is 126 cm³/mol. The highest BCUT2D eigenvalue weighted by Crippen LogP contribution is 2.39. The van der Waals surface area contributed by atoms with Gasteiger partial charge in [-0.05, 0) is 35.7 Å². The lowest BCUT2D eigenvalue weighted by molar-refractivity contribution is 0.0953. The summed E-state index contributed by atoms with van der Waals surface area (Å²) in [6, 6.07) is 18.7. The number of hydrogen-bond donors (Lipinski definition) is 1. The van der Waals surface area contributed by atoms with Gasteiger partial charge in [0.1, 0.15) is 18.1 Å². The van der Waals surface area contributed by atoms with Gasteiger partial charge >= 0.3 is 0 Å². The molecular formula is C26H29NO6. The van der Waals surface area contributed by atoms with E-state index in [0.29, 0.717) is 53.9 Å². The fourth-order valence-electron chi connectivity index (χ4n) is 3.35. The predicted octanol–water partition coefficient (Wildman–Crippen LogP) is 4.27. The van der Waals surface area contributed by atoms with Crippen LogP contribution in [0.1, 0.15) is 21.5 Å². The topological polar surface area (TPSA) is 75.3 Å². The molecule has 0 heterocycles. The van der Waals surface area contributed by atoms with E-state index in [9.17, 15) is 4.79 Å². The summed E-state index contributed by atoms with van der Waals surface area (Å²) in [6.07, 6.45) is 0.603. The Kier molecular flexibility index (Phi) is 8.41. The van der Waals surface area contributed by atoms with E-state index in [1.54, 1.807) is 26.4 Å². The molecular weight excluding hydrogens is 422 g/mol. The number of benzene rings is 3. The minimum atomic E-state index is -0.242. The van der Waals surface area contributed by atoms with Gasteiger partial charge in [-0.1, -0.05) is 36.4 Å². The molecule has 0 saturated heterocycles. The van der Waals surface area contributed by atoms with Crippen LogP contribution in [0, 0.1) is 0 Å². The van der Waals surface area contributed by atoms with Crippen LogP contribution in [0.2, 0.25) is 0 Å². The van der Waals surface area contributed by atoms with Crippen LogP contribution < -0.4 is 29.0 Å². The van der Waals surface area contributed by atoms with E-state index in [2.05, 4.69) is 5.32 Å². The molecule has 7 nitrogen and oxygen atoms in total. The molecule has 3 aromatic carbocycles. The van der Waals surface area contributed by atoms with Crippen LogP contribution in [-0.2, 0) is 13.0 Å². The molecule has 0 aliphatic carbocycles. The summed E-state index contributed by atoms with van der Waals surface area (Å²) in [5.74, 6) is 2.48. The molecule has 0 saturated carbocycles. The van der Waals surface area contributed by atoms with Gasteiger partial charge in [-0.2, -0.15) is 0 Å². The van der Waals surface area contributed by atoms with Gasteiger partial charge in [0.2, 0.25) is 5.75 Å². The number of carbonyl (C=O) groups excluding carboxylic acids is 1. The first kappa shape index (κ1) is 23.8. The molecule has 0 spiro atoms. The molecule has 7 heteroatoms. The third kappa shape index (κ3) is 6.10. The second-order valence-corrected chi connectivity index (χ2v) is 7.17. The van der Waals surface area contributed by atoms with Crippen molar-refractivity contribution in [2.45, 2.75) is 13.0 Å². The number of amides is 1. The smallest absolute Gasteiger partial charge is 0.251 e. The summed E-state index contributed by atoms with van der Waals surface area (Å²) in [5, 5.41) is 2.93. The zero-order valence-corrected chi connectivity index (χ0v) is 19.3. The van der Waals surface area contributed by atoms with Crippen molar-refractivity contribution in [2.24, 2.45) is 0 Å². The number of carbonyl (C=O) groups is 1. The van der Waals surface area contributed by atoms with Crippen LogP contribution in [0.25, 0.3) is 0 Å². The Morgan fingerprint density at radius 3 is 2.06 bits per heavy atom. The summed E-state index contributed by atoms with van der Waals surface area (Å²) in [7, 11) is 6.27. The second kappa shape index (κ2) is 11.7. The Morgan fingerprint density at radius 2 is 1.45 bits per heavy atom. The van der Waals surface area contributed by atoms with Gasteiger partial charge in [0.25, 0.3) is 5.91 Å². The molecule has 0 bridgehead atoms. The number of hydrogen-bond acceptors (Lipinski definition) is 6. The van der Waals surface area contributed by atoms with E-state index in [1.807, 2.05) is 48.5 Å². The fourth-order valence-corrected chi connectivity index (χ4v) is 3.35. The minimum Gasteiger partial charge on any atom is -0.497 e. The third-order valence-electron chi connectivity index (χ3n) is 5.12. The fraction of sp³-hybridized carbons (Fsp3) is 0.269. The first-order chi connectivity index (χ1) is 16.1. The van der Waals surface area contributed by atoms with Gasteiger partial charge < -0.3 is 29.0 Å². The average Bonchev–Trinajstić information content (AvgIpc) is 2.87. The van der Waals surface area contributed by atoms with Crippen LogP contribution in [0.15, 0.2) is 60.7 Å². The lowest BCUT2D eigenvalue weighted by Gasteiger charge is -2.16. The highest BCUT2D eigenvalue weighted by molar-refractivity contribution is 5.95. The van der Waals surface area contributed by atoms with Gasteiger partial charge in [-0.15, -0.1) is 0 Å². The summed E-state index contributed by atoms with van der Waals surface area (Å²) in [5.41, 5.74) is 2.40. The lowest BCUT2D eigenvalue weighted by atomic mass is 10.1. The summed E-state index contributed by atoms with van der Waals surface area (Å²) < 4.78 is 27.6. The molecule has 33 heavy (non-hydrogen) atoms. The Balaban J connectivity index is 1.69. The summed E-state index contributed by atoms with van der Waals surface area (Å²) in [4.78, 5) is 12.8. The molecule has 0 fully saturated rings. The van der Waals surface area contributed by atoms with Crippen LogP contribution in [-0.4, -0.2) is 40.9 Å². The average molecular weight is 452 g/mol. The Morgan fingerprint density at radius 1 is 0.788 bits per heavy atom. The van der Waals surface area contributed by atoms with Crippen molar-refractivity contribution in [2.75, 3.05) is 35.0 Å². The standard InChI is InChI=1S/C26H29NO6/c1-29-21-11-10-19(22(16-21)30-2)12-13-27-26(28)20-14-23(31-3)25(24(15-20)32-4)33-17-18-8-6-5-7-9-18/h5-11,14-16H,12-13,17H2,1-4H3,(H,27,28). The van der Waals surface area contributed by atoms with E-state index >= 15 is 0 Å². The molecule has 0 aliphatic rings. The van der Waals surface area contributed by atoms with E-state index in [1.165, 1.54) is 14.2 Å². The van der Waals surface area contributed by atoms with Crippen LogP contribution in [0.5, 0.6) is 28.7 Å². The largest absolute Gasteiger partial charge is 0.497 e. The van der Waals surface area contributed by atoms with Crippen molar-refractivity contribution in [1.29, 1.82) is 0 Å². The van der Waals surface area contributed by atoms with E-state index in [0.717, 1.165) is 11.1 Å². The molecule has 3 rings (SSSR count). The zero-order chi connectivity index (χ0) is 23.6. The molecule has 0 aromatic heterocycles. The van der Waals surface area contributed by atoms with Crippen molar-refractivity contribution >= 4 is 5.91 Å². The van der Waals surface area contributed by atoms with Gasteiger partial charge in [0.05, 0.1) is 28.4 Å². The van der Waals surface area contributed by atoms with Gasteiger partial charge in [-0.3, -0.25) is 4.79 Å². The van der Waals surface area contributed by atoms with Gasteiger partial charge in [0.15, 0.2) is 11.5 Å². The van der Waals surface area contributed by atoms with Gasteiger partial charge in [-0.25, -0.2) is 0 Å². The Hall–Kier alpha value is -3.87. The SMILES string of the molecule is COc1ccc(CCNC(=O)c2cc(OC)c(OCc3ccccc3)c(OC)c2)c(OC)c1. The molecule has 0 radical (unpaired) electrons. The van der Waals surface area contributed by atoms with Crippen LogP contribution >= 0.6 is 0 Å². The highest BCUT2D eigenvalue weighted by atomic mass is 16.5. The van der Waals surface area contributed by atoms with Crippen molar-refractivity contribution in [3.8, 4) is 28.7 Å². The van der Waals surface area contributed by atoms with Crippen LogP contribution in [0.3, 0.4) is 0 Å². The Bertz CT molecular complexity index is 1040. The quantitative estimate of drug-likeness (QED) is 0.469. The molecule has 3 aromatic rings. The highest BCUT2D eigenvalue weighted by Gasteiger charge is 2.18. The van der Waals surface area contributed by atoms with Crippen molar-refractivity contribution < 1.29 is 28.5 Å². The maximum absolute atomic E-state index is 12.8. The first-order valence-electron chi connectivity index (χ1n) is 10.5. The van der Waals surface area contributed by atoms with Gasteiger partial charge in [0, 0.05) is 18.2 Å². The third-order valence-corrected chi connectivity index (χ3v) is 5.12. The number of rotatable bonds is 11. The van der Waals surface area contributed by atoms with E-state index < -0.39 is 0 Å². The lowest BCUT2D eigenvalue weighted by Crippen LogP contribution is -2.26. The molecule has 1 amide bonds. The summed E-state index contributed by atoms with van der Waals surface area (Å²) in [6.45, 7) is 0.779. The van der Waals surface area contributed by atoms with Crippen molar-refractivity contribution in [3.63, 3.8) is 0 Å². The number of nitrogens with one attached hydrogen (secondary N) is 1. The van der Waals surface area contributed by atoms with E-state index in [-0.39, 0.29) is 5.91 Å². The summed E-state index contributed by atoms with van der Waals surface area (Å²) >= 11 is 0. The number of ether oxygens (including phenoxy) is 5. The van der Waals surface area contributed by atoms with Crippen molar-refractivity contribution in [3.05, 3.63) is 77.4 Å². The van der Waals surface area contributed by atoms with Crippen LogP contribution in [0.4, 0.5) is 0 Å². The molecule has 0 aliphatic heterocycles. The number of methoxy groups -OCH3 is 4. The van der Waals surface area contributed by atoms with Crippen molar-refractivity contribution in [1.82, 2.24) is 5.32 Å². The second-order valence-electron chi connectivity index (χ2n) is 7.17. The molecule has 1 N–H and O–H groups in total. The zero-order valence-electron chi connectivity index (χ0n) is 19.3. The molecule has 0 atom stereocenters. The monoisotopic (exact) mass is 451 g/mol.